The van der Waals surface area contributed by atoms with Gasteiger partial charge in [0.05, 0.1) is 21.4 Å². The number of rotatable bonds is 5. The van der Waals surface area contributed by atoms with Gasteiger partial charge in [0.1, 0.15) is 0 Å². The lowest BCUT2D eigenvalue weighted by molar-refractivity contribution is 1.18. The van der Waals surface area contributed by atoms with E-state index in [9.17, 15) is 0 Å². The Labute approximate surface area is 308 Å². The second kappa shape index (κ2) is 11.7. The Morgan fingerprint density at radius 3 is 1.69 bits per heavy atom. The molecule has 0 fully saturated rings. The molecule has 0 bridgehead atoms. The van der Waals surface area contributed by atoms with Gasteiger partial charge in [-0.3, -0.25) is 0 Å². The predicted octanol–water partition coefficient (Wildman–Crippen LogP) is 14.7. The summed E-state index contributed by atoms with van der Waals surface area (Å²) in [5.41, 5.74) is 9.39. The minimum absolute atomic E-state index is 1.12. The number of anilines is 3. The molecule has 0 amide bonds. The lowest BCUT2D eigenvalue weighted by Crippen LogP contribution is -2.11. The Hall–Kier alpha value is -6.20. The van der Waals surface area contributed by atoms with E-state index in [-0.39, 0.29) is 0 Å². The summed E-state index contributed by atoms with van der Waals surface area (Å²) in [5, 5.41) is 7.68. The minimum atomic E-state index is 1.12. The van der Waals surface area contributed by atoms with E-state index >= 15 is 0 Å². The zero-order chi connectivity index (χ0) is 34.2. The number of fused-ring (bicyclic) bond motifs is 9. The van der Waals surface area contributed by atoms with Crippen LogP contribution in [0.3, 0.4) is 0 Å². The van der Waals surface area contributed by atoms with Crippen molar-refractivity contribution in [1.29, 1.82) is 0 Å². The normalized spacial score (nSPS) is 11.8. The summed E-state index contributed by atoms with van der Waals surface area (Å²) in [4.78, 5) is 2.49. The van der Waals surface area contributed by atoms with Gasteiger partial charge in [0, 0.05) is 63.5 Å². The fourth-order valence-corrected chi connectivity index (χ4v) is 10.4. The lowest BCUT2D eigenvalue weighted by atomic mass is 10.0. The Morgan fingerprint density at radius 1 is 0.365 bits per heavy atom. The molecule has 0 spiro atoms. The van der Waals surface area contributed by atoms with Crippen molar-refractivity contribution in [2.75, 3.05) is 4.90 Å². The first-order chi connectivity index (χ1) is 25.8. The smallest absolute Gasteiger partial charge is 0.0661 e. The van der Waals surface area contributed by atoms with Gasteiger partial charge < -0.3 is 9.47 Å². The maximum absolute atomic E-state index is 2.49. The summed E-state index contributed by atoms with van der Waals surface area (Å²) < 4.78 is 7.61. The number of aromatic nitrogens is 1. The van der Waals surface area contributed by atoms with Crippen molar-refractivity contribution in [1.82, 2.24) is 4.57 Å². The first-order valence-electron chi connectivity index (χ1n) is 17.6. The van der Waals surface area contributed by atoms with Gasteiger partial charge in [-0.15, -0.1) is 22.7 Å². The fourth-order valence-electron chi connectivity index (χ4n) is 8.03. The molecule has 0 atom stereocenters. The molecule has 0 aliphatic carbocycles. The average molecular weight is 699 g/mol. The molecule has 0 aliphatic rings. The van der Waals surface area contributed by atoms with Crippen LogP contribution < -0.4 is 4.90 Å². The number of thiophene rings is 2. The summed E-state index contributed by atoms with van der Waals surface area (Å²) in [7, 11) is 0. The van der Waals surface area contributed by atoms with Crippen molar-refractivity contribution in [2.45, 2.75) is 0 Å². The van der Waals surface area contributed by atoms with E-state index in [1.54, 1.807) is 0 Å². The largest absolute Gasteiger partial charge is 0.309 e. The molecule has 11 rings (SSSR count). The molecule has 0 N–H and O–H groups in total. The fraction of sp³-hybridized carbons (Fsp3) is 0. The van der Waals surface area contributed by atoms with Crippen molar-refractivity contribution < 1.29 is 0 Å². The third-order valence-electron chi connectivity index (χ3n) is 10.4. The zero-order valence-corrected chi connectivity index (χ0v) is 29.7. The summed E-state index contributed by atoms with van der Waals surface area (Å²) in [6.07, 6.45) is 0. The van der Waals surface area contributed by atoms with Crippen LogP contribution in [-0.2, 0) is 0 Å². The molecular formula is C48H30N2S2. The molecule has 0 saturated carbocycles. The monoisotopic (exact) mass is 698 g/mol. The maximum Gasteiger partial charge on any atom is 0.0661 e. The third-order valence-corrected chi connectivity index (χ3v) is 12.7. The summed E-state index contributed by atoms with van der Waals surface area (Å²) in [6.45, 7) is 0. The number of hydrogen-bond acceptors (Lipinski definition) is 3. The van der Waals surface area contributed by atoms with Crippen LogP contribution in [0.1, 0.15) is 0 Å². The standard InChI is InChI=1S/C48H30N2S2/c1-2-13-31(14-3-1)32-15-12-16-33(27-32)49(34-25-26-40-38-19-6-10-23-45(38)51-47(40)30-34)44-29-35(28-41-39-20-7-11-24-46(39)52-48(41)44)50-42-21-8-4-17-36(42)37-18-5-9-22-43(37)50/h1-30H. The van der Waals surface area contributed by atoms with Crippen molar-refractivity contribution in [3.05, 3.63) is 182 Å². The lowest BCUT2D eigenvalue weighted by Gasteiger charge is -2.27. The Balaban J connectivity index is 1.25. The third kappa shape index (κ3) is 4.55. The molecule has 11 aromatic rings. The molecule has 8 aromatic carbocycles. The van der Waals surface area contributed by atoms with E-state index in [0.29, 0.717) is 0 Å². The van der Waals surface area contributed by atoms with Crippen LogP contribution in [0, 0.1) is 0 Å². The van der Waals surface area contributed by atoms with E-state index in [1.165, 1.54) is 79.0 Å². The van der Waals surface area contributed by atoms with Gasteiger partial charge in [-0.2, -0.15) is 0 Å². The van der Waals surface area contributed by atoms with Crippen LogP contribution in [-0.4, -0.2) is 4.57 Å². The highest BCUT2D eigenvalue weighted by Crippen LogP contribution is 2.48. The number of para-hydroxylation sites is 2. The molecule has 0 radical (unpaired) electrons. The van der Waals surface area contributed by atoms with Gasteiger partial charge in [0.2, 0.25) is 0 Å². The first-order valence-corrected chi connectivity index (χ1v) is 19.2. The molecule has 0 unspecified atom stereocenters. The predicted molar refractivity (Wildman–Crippen MR) is 227 cm³/mol. The molecule has 3 heterocycles. The summed E-state index contributed by atoms with van der Waals surface area (Å²) >= 11 is 3.75. The Bertz CT molecular complexity index is 3090. The van der Waals surface area contributed by atoms with Gasteiger partial charge in [-0.1, -0.05) is 121 Å². The highest BCUT2D eigenvalue weighted by atomic mass is 32.1. The molecule has 244 valence electrons. The van der Waals surface area contributed by atoms with E-state index in [0.717, 1.165) is 17.1 Å². The van der Waals surface area contributed by atoms with Crippen LogP contribution in [0.4, 0.5) is 17.1 Å². The molecule has 52 heavy (non-hydrogen) atoms. The highest BCUT2D eigenvalue weighted by Gasteiger charge is 2.23. The van der Waals surface area contributed by atoms with E-state index in [2.05, 4.69) is 191 Å². The average Bonchev–Trinajstić information content (AvgIpc) is 3.88. The molecule has 3 aromatic heterocycles. The van der Waals surface area contributed by atoms with Crippen molar-refractivity contribution >= 4 is 102 Å². The van der Waals surface area contributed by atoms with Gasteiger partial charge >= 0.3 is 0 Å². The molecular weight excluding hydrogens is 669 g/mol. The van der Waals surface area contributed by atoms with E-state index in [4.69, 9.17) is 0 Å². The number of hydrogen-bond donors (Lipinski definition) is 0. The Morgan fingerprint density at radius 2 is 0.942 bits per heavy atom. The summed E-state index contributed by atoms with van der Waals surface area (Å²) in [5.74, 6) is 0. The van der Waals surface area contributed by atoms with E-state index in [1.807, 2.05) is 22.7 Å². The maximum atomic E-state index is 2.49. The van der Waals surface area contributed by atoms with Crippen molar-refractivity contribution in [3.63, 3.8) is 0 Å². The van der Waals surface area contributed by atoms with Crippen LogP contribution in [0.5, 0.6) is 0 Å². The minimum Gasteiger partial charge on any atom is -0.309 e. The van der Waals surface area contributed by atoms with Crippen molar-refractivity contribution in [2.24, 2.45) is 0 Å². The molecule has 2 nitrogen and oxygen atoms in total. The van der Waals surface area contributed by atoms with Gasteiger partial charge in [0.25, 0.3) is 0 Å². The number of benzene rings is 8. The Kier molecular flexibility index (Phi) is 6.63. The van der Waals surface area contributed by atoms with Crippen LogP contribution >= 0.6 is 22.7 Å². The first kappa shape index (κ1) is 29.5. The zero-order valence-electron chi connectivity index (χ0n) is 28.0. The highest BCUT2D eigenvalue weighted by molar-refractivity contribution is 7.26. The van der Waals surface area contributed by atoms with Crippen molar-refractivity contribution in [3.8, 4) is 16.8 Å². The van der Waals surface area contributed by atoms with Gasteiger partial charge in [0.15, 0.2) is 0 Å². The second-order valence-corrected chi connectivity index (χ2v) is 15.5. The van der Waals surface area contributed by atoms with Gasteiger partial charge in [-0.25, -0.2) is 0 Å². The van der Waals surface area contributed by atoms with E-state index < -0.39 is 0 Å². The quantitative estimate of drug-likeness (QED) is 0.174. The molecule has 4 heteroatoms. The SMILES string of the molecule is c1ccc(-c2cccc(N(c3ccc4c(c3)sc3ccccc34)c3cc(-n4c5ccccc5c5ccccc54)cc4c3sc3ccccc34)c2)cc1. The second-order valence-electron chi connectivity index (χ2n) is 13.3. The van der Waals surface area contributed by atoms with Crippen LogP contribution in [0.15, 0.2) is 182 Å². The van der Waals surface area contributed by atoms with Gasteiger partial charge in [-0.05, 0) is 71.8 Å². The molecule has 0 aliphatic heterocycles. The van der Waals surface area contributed by atoms with Crippen LogP contribution in [0.25, 0.3) is 79.0 Å². The molecule has 0 saturated heterocycles. The topological polar surface area (TPSA) is 8.17 Å². The summed E-state index contributed by atoms with van der Waals surface area (Å²) in [6, 6.07) is 66.7. The van der Waals surface area contributed by atoms with Crippen LogP contribution in [0.2, 0.25) is 0 Å². The number of nitrogens with zero attached hydrogens (tertiary/aromatic N) is 2.